The van der Waals surface area contributed by atoms with Crippen molar-refractivity contribution in [3.63, 3.8) is 0 Å². The van der Waals surface area contributed by atoms with Crippen LogP contribution in [0, 0.1) is 5.82 Å². The van der Waals surface area contributed by atoms with Gasteiger partial charge in [-0.1, -0.05) is 0 Å². The number of halogens is 1. The highest BCUT2D eigenvalue weighted by Gasteiger charge is 2.15. The van der Waals surface area contributed by atoms with Gasteiger partial charge >= 0.3 is 5.69 Å². The summed E-state index contributed by atoms with van der Waals surface area (Å²) in [5.41, 5.74) is 0.496. The van der Waals surface area contributed by atoms with Crippen LogP contribution in [0.2, 0.25) is 0 Å². The number of hydrogen-bond donors (Lipinski definition) is 1. The lowest BCUT2D eigenvalue weighted by Gasteiger charge is -2.18. The molecule has 0 radical (unpaired) electrons. The van der Waals surface area contributed by atoms with E-state index in [2.05, 4.69) is 9.97 Å². The molecule has 2 rings (SSSR count). The first kappa shape index (κ1) is 14.9. The monoisotopic (exact) mass is 289 g/mol. The summed E-state index contributed by atoms with van der Waals surface area (Å²) in [4.78, 5) is 31.8. The molecule has 1 amide bonds. The first-order valence-corrected chi connectivity index (χ1v) is 6.71. The van der Waals surface area contributed by atoms with E-state index in [0.717, 1.165) is 0 Å². The van der Waals surface area contributed by atoms with E-state index in [1.165, 1.54) is 30.3 Å². The molecule has 110 valence electrons. The quantitative estimate of drug-likeness (QED) is 0.937. The standard InChI is InChI=1S/C15H16FN3O2/c1-3-19(4-2)14(20)13-9-12(17-15(21)18-13)10-5-7-11(16)8-6-10/h5-9H,3-4H2,1-2H3,(H,17,18,21). The summed E-state index contributed by atoms with van der Waals surface area (Å²) in [7, 11) is 0. The van der Waals surface area contributed by atoms with Crippen molar-refractivity contribution in [1.82, 2.24) is 14.9 Å². The number of benzene rings is 1. The van der Waals surface area contributed by atoms with Crippen molar-refractivity contribution in [1.29, 1.82) is 0 Å². The summed E-state index contributed by atoms with van der Waals surface area (Å²) in [6.07, 6.45) is 0. The van der Waals surface area contributed by atoms with Gasteiger partial charge in [0.2, 0.25) is 0 Å². The number of nitrogens with one attached hydrogen (secondary N) is 1. The van der Waals surface area contributed by atoms with E-state index in [4.69, 9.17) is 0 Å². The van der Waals surface area contributed by atoms with E-state index in [0.29, 0.717) is 24.3 Å². The van der Waals surface area contributed by atoms with Crippen LogP contribution in [-0.2, 0) is 0 Å². The zero-order valence-electron chi connectivity index (χ0n) is 11.9. The summed E-state index contributed by atoms with van der Waals surface area (Å²) in [5.74, 6) is -0.633. The van der Waals surface area contributed by atoms with Gasteiger partial charge in [0.05, 0.1) is 5.69 Å². The predicted octanol–water partition coefficient (Wildman–Crippen LogP) is 2.06. The molecule has 6 heteroatoms. The molecule has 1 N–H and O–H groups in total. The lowest BCUT2D eigenvalue weighted by atomic mass is 10.1. The number of nitrogens with zero attached hydrogens (tertiary/aromatic N) is 2. The van der Waals surface area contributed by atoms with Gasteiger partial charge in [-0.2, -0.15) is 4.98 Å². The van der Waals surface area contributed by atoms with Gasteiger partial charge in [0.1, 0.15) is 11.5 Å². The smallest absolute Gasteiger partial charge is 0.338 e. The van der Waals surface area contributed by atoms with Crippen LogP contribution in [0.1, 0.15) is 24.3 Å². The molecule has 0 unspecified atom stereocenters. The number of carbonyl (C=O) groups is 1. The highest BCUT2D eigenvalue weighted by Crippen LogP contribution is 2.17. The second-order valence-corrected chi connectivity index (χ2v) is 4.47. The van der Waals surface area contributed by atoms with E-state index < -0.39 is 5.69 Å². The molecular formula is C15H16FN3O2. The maximum atomic E-state index is 12.9. The Kier molecular flexibility index (Phi) is 4.47. The molecule has 21 heavy (non-hydrogen) atoms. The van der Waals surface area contributed by atoms with Crippen molar-refractivity contribution >= 4 is 5.91 Å². The van der Waals surface area contributed by atoms with Gasteiger partial charge in [-0.3, -0.25) is 4.79 Å². The predicted molar refractivity (Wildman–Crippen MR) is 77.5 cm³/mol. The Hall–Kier alpha value is -2.50. The van der Waals surface area contributed by atoms with E-state index in [1.807, 2.05) is 13.8 Å². The van der Waals surface area contributed by atoms with Crippen LogP contribution >= 0.6 is 0 Å². The molecule has 0 bridgehead atoms. The third-order valence-corrected chi connectivity index (χ3v) is 3.17. The molecule has 1 aromatic carbocycles. The van der Waals surface area contributed by atoms with Crippen molar-refractivity contribution in [2.75, 3.05) is 13.1 Å². The highest BCUT2D eigenvalue weighted by atomic mass is 19.1. The Morgan fingerprint density at radius 2 is 1.86 bits per heavy atom. The first-order chi connectivity index (χ1) is 10.0. The SMILES string of the molecule is CCN(CC)C(=O)c1cc(-c2ccc(F)cc2)nc(=O)[nH]1. The van der Waals surface area contributed by atoms with Crippen LogP contribution in [0.5, 0.6) is 0 Å². The van der Waals surface area contributed by atoms with Crippen molar-refractivity contribution in [2.24, 2.45) is 0 Å². The van der Waals surface area contributed by atoms with Crippen molar-refractivity contribution < 1.29 is 9.18 Å². The van der Waals surface area contributed by atoms with Crippen LogP contribution in [-0.4, -0.2) is 33.9 Å². The number of hydrogen-bond acceptors (Lipinski definition) is 3. The van der Waals surface area contributed by atoms with Crippen LogP contribution in [0.3, 0.4) is 0 Å². The lowest BCUT2D eigenvalue weighted by molar-refractivity contribution is 0.0766. The number of aromatic amines is 1. The third-order valence-electron chi connectivity index (χ3n) is 3.17. The normalized spacial score (nSPS) is 10.4. The fourth-order valence-electron chi connectivity index (χ4n) is 2.02. The fraction of sp³-hybridized carbons (Fsp3) is 0.267. The maximum absolute atomic E-state index is 12.9. The number of H-pyrrole nitrogens is 1. The molecule has 0 aliphatic heterocycles. The summed E-state index contributed by atoms with van der Waals surface area (Å²) in [5, 5.41) is 0. The van der Waals surface area contributed by atoms with Gasteiger partial charge in [-0.25, -0.2) is 9.18 Å². The molecule has 0 saturated heterocycles. The zero-order valence-corrected chi connectivity index (χ0v) is 11.9. The topological polar surface area (TPSA) is 66.1 Å². The Balaban J connectivity index is 2.44. The van der Waals surface area contributed by atoms with Gasteiger partial charge in [0.25, 0.3) is 5.91 Å². The molecule has 1 aromatic heterocycles. The second-order valence-electron chi connectivity index (χ2n) is 4.47. The molecule has 0 fully saturated rings. The third kappa shape index (κ3) is 3.34. The average Bonchev–Trinajstić information content (AvgIpc) is 2.48. The van der Waals surface area contributed by atoms with E-state index in [1.54, 1.807) is 4.90 Å². The summed E-state index contributed by atoms with van der Waals surface area (Å²) >= 11 is 0. The van der Waals surface area contributed by atoms with Crippen LogP contribution < -0.4 is 5.69 Å². The van der Waals surface area contributed by atoms with Crippen molar-refractivity contribution in [3.05, 3.63) is 52.3 Å². The average molecular weight is 289 g/mol. The minimum Gasteiger partial charge on any atom is -0.338 e. The number of aromatic nitrogens is 2. The number of amides is 1. The largest absolute Gasteiger partial charge is 0.346 e. The van der Waals surface area contributed by atoms with E-state index in [9.17, 15) is 14.0 Å². The van der Waals surface area contributed by atoms with Crippen molar-refractivity contribution in [3.8, 4) is 11.3 Å². The highest BCUT2D eigenvalue weighted by molar-refractivity contribution is 5.93. The van der Waals surface area contributed by atoms with Crippen LogP contribution in [0.15, 0.2) is 35.1 Å². The van der Waals surface area contributed by atoms with Crippen molar-refractivity contribution in [2.45, 2.75) is 13.8 Å². The number of rotatable bonds is 4. The maximum Gasteiger partial charge on any atom is 0.346 e. The Morgan fingerprint density at radius 3 is 2.43 bits per heavy atom. The van der Waals surface area contributed by atoms with Gasteiger partial charge in [0, 0.05) is 18.7 Å². The fourth-order valence-corrected chi connectivity index (χ4v) is 2.02. The molecule has 0 saturated carbocycles. The molecule has 2 aromatic rings. The Labute approximate surface area is 121 Å². The van der Waals surface area contributed by atoms with Gasteiger partial charge in [-0.05, 0) is 44.2 Å². The summed E-state index contributed by atoms with van der Waals surface area (Å²) < 4.78 is 12.9. The van der Waals surface area contributed by atoms with Crippen LogP contribution in [0.4, 0.5) is 4.39 Å². The lowest BCUT2D eigenvalue weighted by Crippen LogP contribution is -2.32. The minimum absolute atomic E-state index is 0.179. The summed E-state index contributed by atoms with van der Waals surface area (Å²) in [6, 6.07) is 7.11. The molecule has 5 nitrogen and oxygen atoms in total. The molecule has 0 aliphatic rings. The molecular weight excluding hydrogens is 273 g/mol. The molecule has 1 heterocycles. The van der Waals surface area contributed by atoms with E-state index in [-0.39, 0.29) is 17.4 Å². The number of carbonyl (C=O) groups excluding carboxylic acids is 1. The van der Waals surface area contributed by atoms with E-state index >= 15 is 0 Å². The first-order valence-electron chi connectivity index (χ1n) is 6.71. The molecule has 0 aliphatic carbocycles. The Morgan fingerprint density at radius 1 is 1.24 bits per heavy atom. The van der Waals surface area contributed by atoms with Gasteiger partial charge in [-0.15, -0.1) is 0 Å². The Bertz CT molecular complexity index is 691. The second kappa shape index (κ2) is 6.30. The summed E-state index contributed by atoms with van der Waals surface area (Å²) in [6.45, 7) is 4.82. The zero-order chi connectivity index (χ0) is 15.4. The van der Waals surface area contributed by atoms with Gasteiger partial charge in [0.15, 0.2) is 0 Å². The molecule has 0 spiro atoms. The van der Waals surface area contributed by atoms with Gasteiger partial charge < -0.3 is 9.88 Å². The molecule has 0 atom stereocenters. The minimum atomic E-state index is -0.604. The van der Waals surface area contributed by atoms with Crippen LogP contribution in [0.25, 0.3) is 11.3 Å².